The van der Waals surface area contributed by atoms with Crippen molar-refractivity contribution in [1.82, 2.24) is 16.0 Å². The monoisotopic (exact) mass is 312 g/mol. The fourth-order valence-corrected chi connectivity index (χ4v) is 2.40. The van der Waals surface area contributed by atoms with Crippen LogP contribution in [0.1, 0.15) is 59.8 Å². The maximum absolute atomic E-state index is 11.5. The molecule has 1 rings (SSSR count). The third kappa shape index (κ3) is 8.74. The van der Waals surface area contributed by atoms with Crippen LogP contribution in [-0.2, 0) is 4.74 Å². The third-order valence-corrected chi connectivity index (χ3v) is 3.34. The molecule has 0 aliphatic heterocycles. The molecule has 0 saturated heterocycles. The second-order valence-corrected chi connectivity index (χ2v) is 6.67. The molecule has 0 radical (unpaired) electrons. The van der Waals surface area contributed by atoms with E-state index in [-0.39, 0.29) is 0 Å². The Balaban J connectivity index is 2.31. The summed E-state index contributed by atoms with van der Waals surface area (Å²) in [5.41, 5.74) is -0.467. The quantitative estimate of drug-likeness (QED) is 0.414. The summed E-state index contributed by atoms with van der Waals surface area (Å²) in [7, 11) is 0. The predicted molar refractivity (Wildman–Crippen MR) is 90.2 cm³/mol. The molecule has 0 bridgehead atoms. The minimum absolute atomic E-state index is 0.395. The van der Waals surface area contributed by atoms with Crippen molar-refractivity contribution in [3.8, 4) is 0 Å². The number of aliphatic imine (C=N–C) groups is 1. The lowest BCUT2D eigenvalue weighted by Gasteiger charge is -2.25. The average molecular weight is 312 g/mol. The summed E-state index contributed by atoms with van der Waals surface area (Å²) in [5.74, 6) is 0.834. The van der Waals surface area contributed by atoms with E-state index in [9.17, 15) is 4.79 Å². The van der Waals surface area contributed by atoms with Crippen LogP contribution in [0.4, 0.5) is 4.79 Å². The lowest BCUT2D eigenvalue weighted by molar-refractivity contribution is 0.0529. The number of alkyl carbamates (subject to hydrolysis) is 1. The summed E-state index contributed by atoms with van der Waals surface area (Å²) >= 11 is 0. The molecular weight excluding hydrogens is 280 g/mol. The molecule has 1 fully saturated rings. The summed E-state index contributed by atoms with van der Waals surface area (Å²) in [5, 5.41) is 9.45. The number of hydrogen-bond donors (Lipinski definition) is 3. The Labute approximate surface area is 134 Å². The van der Waals surface area contributed by atoms with Crippen LogP contribution >= 0.6 is 0 Å². The summed E-state index contributed by atoms with van der Waals surface area (Å²) < 4.78 is 5.18. The summed E-state index contributed by atoms with van der Waals surface area (Å²) in [6.45, 7) is 9.43. The first kappa shape index (κ1) is 18.6. The molecule has 0 atom stereocenters. The Morgan fingerprint density at radius 2 is 1.86 bits per heavy atom. The topological polar surface area (TPSA) is 74.8 Å². The van der Waals surface area contributed by atoms with Crippen LogP contribution in [0.5, 0.6) is 0 Å². The van der Waals surface area contributed by atoms with Crippen molar-refractivity contribution in [2.45, 2.75) is 71.4 Å². The van der Waals surface area contributed by atoms with Gasteiger partial charge in [-0.3, -0.25) is 4.99 Å². The molecule has 128 valence electrons. The number of nitrogens with one attached hydrogen (secondary N) is 3. The van der Waals surface area contributed by atoms with Crippen molar-refractivity contribution in [3.05, 3.63) is 0 Å². The van der Waals surface area contributed by atoms with Crippen molar-refractivity contribution in [2.24, 2.45) is 4.99 Å². The van der Waals surface area contributed by atoms with Crippen LogP contribution in [0, 0.1) is 0 Å². The van der Waals surface area contributed by atoms with Gasteiger partial charge in [0.25, 0.3) is 0 Å². The van der Waals surface area contributed by atoms with E-state index in [1.807, 2.05) is 20.8 Å². The van der Waals surface area contributed by atoms with E-state index in [0.29, 0.717) is 19.1 Å². The highest BCUT2D eigenvalue weighted by Gasteiger charge is 2.16. The highest BCUT2D eigenvalue weighted by molar-refractivity contribution is 5.80. The normalized spacial score (nSPS) is 17.0. The van der Waals surface area contributed by atoms with Crippen molar-refractivity contribution in [3.63, 3.8) is 0 Å². The first-order valence-corrected chi connectivity index (χ1v) is 8.42. The number of carbonyl (C=O) groups is 1. The minimum Gasteiger partial charge on any atom is -0.444 e. The number of rotatable bonds is 5. The molecule has 6 nitrogen and oxygen atoms in total. The molecule has 0 unspecified atom stereocenters. The fraction of sp³-hybridized carbons (Fsp3) is 0.875. The molecule has 0 heterocycles. The van der Waals surface area contributed by atoms with E-state index in [2.05, 4.69) is 27.9 Å². The molecule has 0 aromatic rings. The molecule has 0 spiro atoms. The summed E-state index contributed by atoms with van der Waals surface area (Å²) in [4.78, 5) is 16.0. The molecule has 1 aliphatic carbocycles. The Bertz CT molecular complexity index is 358. The first-order chi connectivity index (χ1) is 10.4. The van der Waals surface area contributed by atoms with Crippen LogP contribution in [0.2, 0.25) is 0 Å². The zero-order valence-corrected chi connectivity index (χ0v) is 14.5. The van der Waals surface area contributed by atoms with E-state index in [1.165, 1.54) is 32.1 Å². The van der Waals surface area contributed by atoms with Crippen LogP contribution in [0.25, 0.3) is 0 Å². The van der Waals surface area contributed by atoms with E-state index >= 15 is 0 Å². The molecule has 1 amide bonds. The van der Waals surface area contributed by atoms with Gasteiger partial charge in [0.2, 0.25) is 0 Å². The van der Waals surface area contributed by atoms with E-state index in [0.717, 1.165) is 12.5 Å². The smallest absolute Gasteiger partial charge is 0.407 e. The van der Waals surface area contributed by atoms with E-state index in [4.69, 9.17) is 4.74 Å². The molecule has 1 saturated carbocycles. The predicted octanol–water partition coefficient (Wildman–Crippen LogP) is 2.40. The van der Waals surface area contributed by atoms with Crippen molar-refractivity contribution in [1.29, 1.82) is 0 Å². The lowest BCUT2D eigenvalue weighted by Crippen LogP contribution is -2.44. The number of amides is 1. The number of ether oxygens (including phenoxy) is 1. The van der Waals surface area contributed by atoms with Gasteiger partial charge in [0.15, 0.2) is 5.96 Å². The van der Waals surface area contributed by atoms with Crippen LogP contribution in [-0.4, -0.2) is 43.3 Å². The highest BCUT2D eigenvalue weighted by atomic mass is 16.6. The van der Waals surface area contributed by atoms with Gasteiger partial charge in [0, 0.05) is 19.1 Å². The van der Waals surface area contributed by atoms with Gasteiger partial charge in [0.05, 0.1) is 6.54 Å². The van der Waals surface area contributed by atoms with Gasteiger partial charge in [-0.2, -0.15) is 0 Å². The van der Waals surface area contributed by atoms with E-state index < -0.39 is 11.7 Å². The first-order valence-electron chi connectivity index (χ1n) is 8.42. The van der Waals surface area contributed by atoms with Gasteiger partial charge in [-0.25, -0.2) is 4.79 Å². The summed E-state index contributed by atoms with van der Waals surface area (Å²) in [6, 6.07) is 0.519. The third-order valence-electron chi connectivity index (χ3n) is 3.34. The lowest BCUT2D eigenvalue weighted by atomic mass is 9.96. The van der Waals surface area contributed by atoms with Crippen LogP contribution < -0.4 is 16.0 Å². The van der Waals surface area contributed by atoms with Gasteiger partial charge in [0.1, 0.15) is 5.60 Å². The maximum atomic E-state index is 11.5. The molecule has 1 aliphatic rings. The Hall–Kier alpha value is -1.46. The molecular formula is C16H32N4O2. The van der Waals surface area contributed by atoms with Gasteiger partial charge >= 0.3 is 6.09 Å². The van der Waals surface area contributed by atoms with Gasteiger partial charge in [-0.15, -0.1) is 0 Å². The number of hydrogen-bond acceptors (Lipinski definition) is 3. The van der Waals surface area contributed by atoms with Gasteiger partial charge < -0.3 is 20.7 Å². The van der Waals surface area contributed by atoms with Crippen molar-refractivity contribution >= 4 is 12.1 Å². The zero-order chi connectivity index (χ0) is 16.4. The maximum Gasteiger partial charge on any atom is 0.407 e. The molecule has 0 aromatic heterocycles. The fourth-order valence-electron chi connectivity index (χ4n) is 2.40. The Morgan fingerprint density at radius 3 is 2.45 bits per heavy atom. The summed E-state index contributed by atoms with van der Waals surface area (Å²) in [6.07, 6.45) is 5.94. The van der Waals surface area contributed by atoms with Gasteiger partial charge in [-0.1, -0.05) is 19.3 Å². The SMILES string of the molecule is CCNC(=NCCNC(=O)OC(C)(C)C)NC1CCCCC1. The van der Waals surface area contributed by atoms with Gasteiger partial charge in [-0.05, 0) is 40.5 Å². The minimum atomic E-state index is -0.467. The zero-order valence-electron chi connectivity index (χ0n) is 14.5. The Morgan fingerprint density at radius 1 is 1.18 bits per heavy atom. The highest BCUT2D eigenvalue weighted by Crippen LogP contribution is 2.17. The van der Waals surface area contributed by atoms with Crippen LogP contribution in [0.3, 0.4) is 0 Å². The molecule has 22 heavy (non-hydrogen) atoms. The number of nitrogens with zero attached hydrogens (tertiary/aromatic N) is 1. The van der Waals surface area contributed by atoms with Crippen molar-refractivity contribution < 1.29 is 9.53 Å². The second kappa shape index (κ2) is 9.54. The largest absolute Gasteiger partial charge is 0.444 e. The Kier molecular flexibility index (Phi) is 8.06. The van der Waals surface area contributed by atoms with Crippen LogP contribution in [0.15, 0.2) is 4.99 Å². The standard InChI is InChI=1S/C16H32N4O2/c1-5-17-14(20-13-9-7-6-8-10-13)18-11-12-19-15(21)22-16(2,3)4/h13H,5-12H2,1-4H3,(H,19,21)(H2,17,18,20). The average Bonchev–Trinajstić information content (AvgIpc) is 2.43. The molecule has 0 aromatic carbocycles. The van der Waals surface area contributed by atoms with Crippen molar-refractivity contribution in [2.75, 3.05) is 19.6 Å². The molecule has 6 heteroatoms. The number of carbonyl (C=O) groups excluding carboxylic acids is 1. The molecule has 3 N–H and O–H groups in total. The second-order valence-electron chi connectivity index (χ2n) is 6.67. The van der Waals surface area contributed by atoms with E-state index in [1.54, 1.807) is 0 Å². The number of guanidine groups is 1.